The summed E-state index contributed by atoms with van der Waals surface area (Å²) in [5, 5.41) is 11.6. The Bertz CT molecular complexity index is 473. The van der Waals surface area contributed by atoms with Crippen LogP contribution in [-0.4, -0.2) is 20.1 Å². The second-order valence-electron chi connectivity index (χ2n) is 3.69. The Hall–Kier alpha value is -0.791. The Morgan fingerprint density at radius 1 is 1.06 bits per heavy atom. The molecule has 0 heterocycles. The van der Waals surface area contributed by atoms with Gasteiger partial charge in [0.15, 0.2) is 0 Å². The third-order valence-electron chi connectivity index (χ3n) is 2.39. The Balaban J connectivity index is 1.95. The van der Waals surface area contributed by atoms with Crippen molar-refractivity contribution in [3.63, 3.8) is 0 Å². The molecule has 0 aliphatic carbocycles. The first-order chi connectivity index (χ1) is 8.25. The van der Waals surface area contributed by atoms with Gasteiger partial charge in [-0.05, 0) is 0 Å². The van der Waals surface area contributed by atoms with E-state index in [2.05, 4.69) is 6.07 Å². The third-order valence-corrected chi connectivity index (χ3v) is 4.87. The van der Waals surface area contributed by atoms with E-state index >= 15 is 0 Å². The van der Waals surface area contributed by atoms with Gasteiger partial charge in [0.25, 0.3) is 0 Å². The van der Waals surface area contributed by atoms with Crippen LogP contribution >= 0.6 is 11.6 Å². The average Bonchev–Trinajstić information content (AvgIpc) is 2.37. The molecule has 0 aromatic heterocycles. The second-order valence-corrected chi connectivity index (χ2v) is 6.43. The number of aliphatic hydroxyl groups is 1. The predicted octanol–water partition coefficient (Wildman–Crippen LogP) is 2.82. The fourth-order valence-electron chi connectivity index (χ4n) is 1.50. The van der Waals surface area contributed by atoms with Crippen LogP contribution in [0.2, 0.25) is 10.3 Å². The molecule has 0 spiro atoms. The number of hydrogen-bond acceptors (Lipinski definition) is 1. The van der Waals surface area contributed by atoms with Crippen LogP contribution in [0.5, 0.6) is 0 Å². The van der Waals surface area contributed by atoms with Gasteiger partial charge in [-0.1, -0.05) is 0 Å². The van der Waals surface area contributed by atoms with Crippen LogP contribution in [0.15, 0.2) is 54.6 Å². The fraction of sp³-hybridized carbons (Fsp3) is 0.143. The van der Waals surface area contributed by atoms with E-state index in [-0.39, 0.29) is 21.1 Å². The van der Waals surface area contributed by atoms with Gasteiger partial charge in [-0.3, -0.25) is 0 Å². The molecule has 1 nitrogen and oxygen atoms in total. The van der Waals surface area contributed by atoms with E-state index in [0.717, 1.165) is 15.9 Å². The minimum atomic E-state index is -0.379. The summed E-state index contributed by atoms with van der Waals surface area (Å²) in [6.45, 7) is 0. The molecule has 1 N–H and O–H groups in total. The SMILES string of the molecule is O[C@@H](C[Se]c1cccc(Cl)c1)c1ccccc1. The van der Waals surface area contributed by atoms with Crippen LogP contribution in [-0.2, 0) is 0 Å². The van der Waals surface area contributed by atoms with Crippen LogP contribution < -0.4 is 4.46 Å². The normalized spacial score (nSPS) is 12.4. The van der Waals surface area contributed by atoms with Crippen molar-refractivity contribution in [3.05, 3.63) is 65.2 Å². The van der Waals surface area contributed by atoms with Gasteiger partial charge in [0.2, 0.25) is 0 Å². The van der Waals surface area contributed by atoms with Crippen molar-refractivity contribution >= 4 is 31.0 Å². The molecule has 0 aliphatic heterocycles. The molecular weight excluding hydrogens is 299 g/mol. The van der Waals surface area contributed by atoms with E-state index in [1.165, 1.54) is 4.46 Å². The molecule has 0 bridgehead atoms. The van der Waals surface area contributed by atoms with Gasteiger partial charge in [-0.15, -0.1) is 0 Å². The number of aliphatic hydroxyl groups excluding tert-OH is 1. The van der Waals surface area contributed by atoms with Gasteiger partial charge in [0, 0.05) is 0 Å². The Morgan fingerprint density at radius 2 is 1.82 bits per heavy atom. The van der Waals surface area contributed by atoms with Gasteiger partial charge >= 0.3 is 113 Å². The summed E-state index contributed by atoms with van der Waals surface area (Å²) in [5.74, 6) is 0. The molecule has 1 atom stereocenters. The molecule has 0 radical (unpaired) electrons. The summed E-state index contributed by atoms with van der Waals surface area (Å²) in [4.78, 5) is 0. The molecule has 0 unspecified atom stereocenters. The maximum absolute atomic E-state index is 10.0. The molecule has 0 aliphatic rings. The summed E-state index contributed by atoms with van der Waals surface area (Å²) in [7, 11) is 0. The van der Waals surface area contributed by atoms with Crippen LogP contribution in [0.3, 0.4) is 0 Å². The average molecular weight is 312 g/mol. The quantitative estimate of drug-likeness (QED) is 0.861. The first-order valence-corrected chi connectivity index (χ1v) is 7.81. The number of hydrogen-bond donors (Lipinski definition) is 1. The molecule has 0 saturated carbocycles. The fourth-order valence-corrected chi connectivity index (χ4v) is 3.79. The van der Waals surface area contributed by atoms with Crippen molar-refractivity contribution in [1.82, 2.24) is 0 Å². The molecule has 0 fully saturated rings. The van der Waals surface area contributed by atoms with Gasteiger partial charge in [0.05, 0.1) is 0 Å². The van der Waals surface area contributed by atoms with E-state index in [9.17, 15) is 5.11 Å². The second kappa shape index (κ2) is 6.23. The van der Waals surface area contributed by atoms with E-state index in [4.69, 9.17) is 11.6 Å². The van der Waals surface area contributed by atoms with E-state index < -0.39 is 0 Å². The Kier molecular flexibility index (Phi) is 4.64. The van der Waals surface area contributed by atoms with Crippen molar-refractivity contribution in [2.75, 3.05) is 0 Å². The third kappa shape index (κ3) is 3.86. The molecule has 2 aromatic rings. The zero-order valence-corrected chi connectivity index (χ0v) is 11.7. The van der Waals surface area contributed by atoms with Crippen LogP contribution in [0.25, 0.3) is 0 Å². The minimum absolute atomic E-state index is 0.250. The van der Waals surface area contributed by atoms with Crippen molar-refractivity contribution < 1.29 is 5.11 Å². The molecule has 3 heteroatoms. The summed E-state index contributed by atoms with van der Waals surface area (Å²) in [6.07, 6.45) is -0.379. The van der Waals surface area contributed by atoms with Crippen LogP contribution in [0, 0.1) is 0 Å². The molecule has 2 rings (SSSR count). The molecule has 88 valence electrons. The van der Waals surface area contributed by atoms with Gasteiger partial charge in [-0.25, -0.2) is 0 Å². The van der Waals surface area contributed by atoms with Crippen molar-refractivity contribution in [2.45, 2.75) is 11.4 Å². The first kappa shape index (κ1) is 12.7. The molecule has 17 heavy (non-hydrogen) atoms. The van der Waals surface area contributed by atoms with E-state index in [1.807, 2.05) is 48.5 Å². The monoisotopic (exact) mass is 312 g/mol. The van der Waals surface area contributed by atoms with Gasteiger partial charge < -0.3 is 0 Å². The summed E-state index contributed by atoms with van der Waals surface area (Å²) < 4.78 is 1.22. The Morgan fingerprint density at radius 3 is 2.53 bits per heavy atom. The summed E-state index contributed by atoms with van der Waals surface area (Å²) in [5.41, 5.74) is 0.983. The zero-order valence-electron chi connectivity index (χ0n) is 9.21. The van der Waals surface area contributed by atoms with Crippen molar-refractivity contribution in [2.24, 2.45) is 0 Å². The van der Waals surface area contributed by atoms with Crippen LogP contribution in [0.1, 0.15) is 11.7 Å². The summed E-state index contributed by atoms with van der Waals surface area (Å²) >= 11 is 6.17. The van der Waals surface area contributed by atoms with Gasteiger partial charge in [0.1, 0.15) is 0 Å². The Labute approximate surface area is 113 Å². The van der Waals surface area contributed by atoms with Crippen molar-refractivity contribution in [1.29, 1.82) is 0 Å². The van der Waals surface area contributed by atoms with E-state index in [1.54, 1.807) is 0 Å². The van der Waals surface area contributed by atoms with E-state index in [0.29, 0.717) is 0 Å². The molecule has 0 amide bonds. The summed E-state index contributed by atoms with van der Waals surface area (Å²) in [6, 6.07) is 17.6. The standard InChI is InChI=1S/C14H13ClOSe/c15-12-7-4-8-13(9-12)17-10-14(16)11-5-2-1-3-6-11/h1-9,14,16H,10H2/t14-/m0/s1. The zero-order chi connectivity index (χ0) is 12.1. The van der Waals surface area contributed by atoms with Crippen LogP contribution in [0.4, 0.5) is 0 Å². The number of halogens is 1. The van der Waals surface area contributed by atoms with Gasteiger partial charge in [-0.2, -0.15) is 0 Å². The van der Waals surface area contributed by atoms with Crippen molar-refractivity contribution in [3.8, 4) is 0 Å². The predicted molar refractivity (Wildman–Crippen MR) is 73.0 cm³/mol. The molecule has 0 saturated heterocycles. The molecular formula is C14H13ClOSe. The molecule has 2 aromatic carbocycles. The number of rotatable bonds is 4. The first-order valence-electron chi connectivity index (χ1n) is 5.37. The maximum atomic E-state index is 10.0. The number of benzene rings is 2. The topological polar surface area (TPSA) is 20.2 Å².